The van der Waals surface area contributed by atoms with E-state index in [0.717, 1.165) is 62.3 Å². The third-order valence-electron chi connectivity index (χ3n) is 9.40. The summed E-state index contributed by atoms with van der Waals surface area (Å²) < 4.78 is 30.0. The molecule has 290 valence electrons. The molecule has 5 aromatic rings. The van der Waals surface area contributed by atoms with Gasteiger partial charge in [0.2, 0.25) is 0 Å². The molecule has 15 heteroatoms. The Morgan fingerprint density at radius 3 is 2.36 bits per heavy atom. The predicted octanol–water partition coefficient (Wildman–Crippen LogP) is 7.01. The summed E-state index contributed by atoms with van der Waals surface area (Å²) in [4.78, 5) is 28.1. The SMILES string of the molecule is CC(C)Nc1ccccc1CN1CCN(c2ccc3c(NS(=O)(=O)c4ccc(NC(CCN(C)C)CSc5ccccc5)c([N+](=O)[O-])c4)ncnc3c2)CC1. The van der Waals surface area contributed by atoms with Crippen LogP contribution in [0.15, 0.2) is 107 Å². The maximum absolute atomic E-state index is 13.7. The highest BCUT2D eigenvalue weighted by molar-refractivity contribution is 7.99. The van der Waals surface area contributed by atoms with Crippen LogP contribution in [0.5, 0.6) is 0 Å². The molecular weight excluding hydrogens is 735 g/mol. The van der Waals surface area contributed by atoms with Crippen LogP contribution in [0.2, 0.25) is 0 Å². The third kappa shape index (κ3) is 10.6. The van der Waals surface area contributed by atoms with Crippen molar-refractivity contribution in [1.29, 1.82) is 0 Å². The molecule has 2 heterocycles. The summed E-state index contributed by atoms with van der Waals surface area (Å²) in [6.45, 7) is 9.39. The number of hydrogen-bond donors (Lipinski definition) is 3. The lowest BCUT2D eigenvalue weighted by atomic mass is 10.1. The van der Waals surface area contributed by atoms with Crippen molar-refractivity contribution in [3.8, 4) is 0 Å². The number of fused-ring (bicyclic) bond motifs is 1. The Hall–Kier alpha value is -4.96. The number of para-hydroxylation sites is 1. The van der Waals surface area contributed by atoms with E-state index in [-0.39, 0.29) is 28.1 Å². The van der Waals surface area contributed by atoms with Gasteiger partial charge in [0, 0.05) is 78.3 Å². The number of nitro groups is 1. The van der Waals surface area contributed by atoms with Gasteiger partial charge in [-0.05, 0) is 95.0 Å². The molecular formula is C40H49N9O4S2. The van der Waals surface area contributed by atoms with Crippen LogP contribution in [0.1, 0.15) is 25.8 Å². The Labute approximate surface area is 327 Å². The molecule has 0 spiro atoms. The highest BCUT2D eigenvalue weighted by Crippen LogP contribution is 2.32. The quantitative estimate of drug-likeness (QED) is 0.0506. The lowest BCUT2D eigenvalue weighted by molar-refractivity contribution is -0.384. The van der Waals surface area contributed by atoms with Crippen molar-refractivity contribution < 1.29 is 13.3 Å². The van der Waals surface area contributed by atoms with Gasteiger partial charge in [0.1, 0.15) is 12.0 Å². The monoisotopic (exact) mass is 783 g/mol. The minimum atomic E-state index is -4.25. The molecule has 1 atom stereocenters. The molecule has 1 aliphatic rings. The maximum Gasteiger partial charge on any atom is 0.293 e. The van der Waals surface area contributed by atoms with E-state index in [0.29, 0.717) is 22.7 Å². The van der Waals surface area contributed by atoms with Crippen molar-refractivity contribution >= 4 is 61.3 Å². The highest BCUT2D eigenvalue weighted by atomic mass is 32.2. The van der Waals surface area contributed by atoms with Gasteiger partial charge in [0.15, 0.2) is 5.82 Å². The molecule has 13 nitrogen and oxygen atoms in total. The zero-order valence-electron chi connectivity index (χ0n) is 31.7. The summed E-state index contributed by atoms with van der Waals surface area (Å²) in [6.07, 6.45) is 2.05. The van der Waals surface area contributed by atoms with Gasteiger partial charge in [0.25, 0.3) is 15.7 Å². The average Bonchev–Trinajstić information content (AvgIpc) is 3.17. The molecule has 0 saturated carbocycles. The van der Waals surface area contributed by atoms with E-state index in [1.165, 1.54) is 29.7 Å². The molecule has 1 fully saturated rings. The minimum absolute atomic E-state index is 0.0987. The van der Waals surface area contributed by atoms with Gasteiger partial charge >= 0.3 is 0 Å². The molecule has 1 saturated heterocycles. The van der Waals surface area contributed by atoms with Crippen molar-refractivity contribution in [2.24, 2.45) is 0 Å². The van der Waals surface area contributed by atoms with Gasteiger partial charge in [-0.2, -0.15) is 0 Å². The lowest BCUT2D eigenvalue weighted by Crippen LogP contribution is -2.46. The number of nitrogens with zero attached hydrogens (tertiary/aromatic N) is 6. The Bertz CT molecular complexity index is 2180. The first-order chi connectivity index (χ1) is 26.4. The first-order valence-corrected chi connectivity index (χ1v) is 20.9. The van der Waals surface area contributed by atoms with Gasteiger partial charge in [-0.1, -0.05) is 36.4 Å². The molecule has 0 radical (unpaired) electrons. The van der Waals surface area contributed by atoms with E-state index in [1.807, 2.05) is 62.6 Å². The fourth-order valence-electron chi connectivity index (χ4n) is 6.52. The second-order valence-electron chi connectivity index (χ2n) is 14.2. The molecule has 0 bridgehead atoms. The fourth-order valence-corrected chi connectivity index (χ4v) is 8.56. The number of benzene rings is 4. The maximum atomic E-state index is 13.7. The summed E-state index contributed by atoms with van der Waals surface area (Å²) in [7, 11) is -0.293. The van der Waals surface area contributed by atoms with Gasteiger partial charge in [-0.3, -0.25) is 19.7 Å². The number of nitrogens with one attached hydrogen (secondary N) is 3. The number of nitro benzene ring substituents is 1. The second kappa shape index (κ2) is 18.1. The van der Waals surface area contributed by atoms with E-state index in [4.69, 9.17) is 0 Å². The van der Waals surface area contributed by atoms with Gasteiger partial charge in [-0.25, -0.2) is 18.4 Å². The number of sulfonamides is 1. The van der Waals surface area contributed by atoms with E-state index >= 15 is 0 Å². The largest absolute Gasteiger partial charge is 0.383 e. The third-order valence-corrected chi connectivity index (χ3v) is 11.9. The van der Waals surface area contributed by atoms with Gasteiger partial charge < -0.3 is 20.4 Å². The molecule has 6 rings (SSSR count). The predicted molar refractivity (Wildman–Crippen MR) is 224 cm³/mol. The zero-order valence-corrected chi connectivity index (χ0v) is 33.3. The van der Waals surface area contributed by atoms with Crippen LogP contribution < -0.4 is 20.3 Å². The summed E-state index contributed by atoms with van der Waals surface area (Å²) in [5.74, 6) is 0.766. The van der Waals surface area contributed by atoms with Crippen LogP contribution in [0.4, 0.5) is 28.6 Å². The van der Waals surface area contributed by atoms with E-state index in [1.54, 1.807) is 11.8 Å². The summed E-state index contributed by atoms with van der Waals surface area (Å²) in [6, 6.07) is 28.3. The van der Waals surface area contributed by atoms with Crippen molar-refractivity contribution in [3.05, 3.63) is 113 Å². The Kier molecular flexibility index (Phi) is 13.1. The number of rotatable bonds is 17. The number of anilines is 4. The van der Waals surface area contributed by atoms with Crippen molar-refractivity contribution in [1.82, 2.24) is 19.8 Å². The number of hydrogen-bond acceptors (Lipinski definition) is 12. The summed E-state index contributed by atoms with van der Waals surface area (Å²) in [5, 5.41) is 19.7. The first kappa shape index (κ1) is 39.7. The van der Waals surface area contributed by atoms with Crippen LogP contribution in [-0.4, -0.2) is 97.8 Å². The van der Waals surface area contributed by atoms with Crippen LogP contribution in [-0.2, 0) is 16.6 Å². The molecule has 55 heavy (non-hydrogen) atoms. The minimum Gasteiger partial charge on any atom is -0.383 e. The van der Waals surface area contributed by atoms with Crippen LogP contribution in [0.25, 0.3) is 10.9 Å². The summed E-state index contributed by atoms with van der Waals surface area (Å²) in [5.41, 5.74) is 3.96. The van der Waals surface area contributed by atoms with Crippen molar-refractivity contribution in [2.45, 2.75) is 48.7 Å². The standard InChI is InChI=1S/C40H49N9O4S2/c1-29(2)43-36-13-9-8-10-30(36)26-47-20-22-48(23-21-47)32-14-16-35-38(24-32)41-28-42-40(35)45-55(52,53)34-15-17-37(39(25-34)49(50)51)44-31(18-19-46(3)4)27-54-33-11-6-5-7-12-33/h5-17,24-25,28-29,31,43-44H,18-23,26-27H2,1-4H3,(H,41,42,45). The Morgan fingerprint density at radius 1 is 0.891 bits per heavy atom. The average molecular weight is 784 g/mol. The molecule has 1 aliphatic heterocycles. The lowest BCUT2D eigenvalue weighted by Gasteiger charge is -2.36. The first-order valence-electron chi connectivity index (χ1n) is 18.4. The summed E-state index contributed by atoms with van der Waals surface area (Å²) >= 11 is 1.66. The number of thioether (sulfide) groups is 1. The number of piperazine rings is 1. The van der Waals surface area contributed by atoms with E-state index < -0.39 is 14.9 Å². The molecule has 1 aromatic heterocycles. The Balaban J connectivity index is 1.14. The molecule has 0 amide bonds. The van der Waals surface area contributed by atoms with Gasteiger partial charge in [-0.15, -0.1) is 11.8 Å². The van der Waals surface area contributed by atoms with Crippen molar-refractivity contribution in [2.75, 3.05) is 72.8 Å². The van der Waals surface area contributed by atoms with Crippen LogP contribution in [0, 0.1) is 10.1 Å². The smallest absolute Gasteiger partial charge is 0.293 e. The molecule has 3 N–H and O–H groups in total. The zero-order chi connectivity index (χ0) is 39.0. The van der Waals surface area contributed by atoms with Crippen molar-refractivity contribution in [3.63, 3.8) is 0 Å². The van der Waals surface area contributed by atoms with E-state index in [9.17, 15) is 18.5 Å². The molecule has 1 unspecified atom stereocenters. The normalized spacial score (nSPS) is 14.3. The van der Waals surface area contributed by atoms with Crippen LogP contribution in [0.3, 0.4) is 0 Å². The number of aromatic nitrogens is 2. The highest BCUT2D eigenvalue weighted by Gasteiger charge is 2.25. The van der Waals surface area contributed by atoms with Crippen LogP contribution >= 0.6 is 11.8 Å². The topological polar surface area (TPSA) is 149 Å². The van der Waals surface area contributed by atoms with E-state index in [2.05, 4.69) is 78.1 Å². The Morgan fingerprint density at radius 2 is 1.64 bits per heavy atom. The van der Waals surface area contributed by atoms with Gasteiger partial charge in [0.05, 0.1) is 15.3 Å². The second-order valence-corrected chi connectivity index (χ2v) is 17.0. The molecule has 4 aromatic carbocycles. The fraction of sp³-hybridized carbons (Fsp3) is 0.350. The molecule has 0 aliphatic carbocycles.